The first-order chi connectivity index (χ1) is 8.66. The number of nitrogens with one attached hydrogen (secondary N) is 1. The van der Waals surface area contributed by atoms with Crippen LogP contribution >= 0.6 is 0 Å². The van der Waals surface area contributed by atoms with Crippen LogP contribution in [-0.2, 0) is 9.53 Å². The predicted octanol–water partition coefficient (Wildman–Crippen LogP) is 1.29. The quantitative estimate of drug-likeness (QED) is 0.797. The van der Waals surface area contributed by atoms with Gasteiger partial charge in [0.1, 0.15) is 0 Å². The number of ether oxygens (including phenoxy) is 1. The largest absolute Gasteiger partial charge is 0.381 e. The lowest BCUT2D eigenvalue weighted by molar-refractivity contribution is -0.128. The summed E-state index contributed by atoms with van der Waals surface area (Å²) in [6, 6.07) is 0.204. The fourth-order valence-corrected chi connectivity index (χ4v) is 3.06. The third-order valence-electron chi connectivity index (χ3n) is 4.39. The molecule has 1 saturated heterocycles. The maximum Gasteiger partial charge on any atom is 0.223 e. The molecule has 4 atom stereocenters. The van der Waals surface area contributed by atoms with E-state index in [9.17, 15) is 4.79 Å². The van der Waals surface area contributed by atoms with Crippen molar-refractivity contribution in [3.05, 3.63) is 0 Å². The number of rotatable bonds is 3. The number of carbonyl (C=O) groups is 1. The predicted molar refractivity (Wildman–Crippen MR) is 71.0 cm³/mol. The molecule has 1 amide bonds. The minimum atomic E-state index is 0.109. The molecule has 4 unspecified atom stereocenters. The van der Waals surface area contributed by atoms with Crippen LogP contribution in [0.2, 0.25) is 0 Å². The van der Waals surface area contributed by atoms with E-state index in [1.54, 1.807) is 0 Å². The second kappa shape index (κ2) is 6.53. The van der Waals surface area contributed by atoms with Crippen molar-refractivity contribution < 1.29 is 9.53 Å². The molecule has 2 rings (SSSR count). The van der Waals surface area contributed by atoms with Gasteiger partial charge in [-0.1, -0.05) is 6.92 Å². The first-order valence-corrected chi connectivity index (χ1v) is 7.28. The fourth-order valence-electron chi connectivity index (χ4n) is 3.06. The third kappa shape index (κ3) is 3.69. The van der Waals surface area contributed by atoms with Gasteiger partial charge < -0.3 is 15.8 Å². The molecule has 0 bridgehead atoms. The lowest BCUT2D eigenvalue weighted by atomic mass is 9.77. The Morgan fingerprint density at radius 2 is 2.22 bits per heavy atom. The maximum absolute atomic E-state index is 12.2. The van der Waals surface area contributed by atoms with E-state index >= 15 is 0 Å². The minimum absolute atomic E-state index is 0.109. The minimum Gasteiger partial charge on any atom is -0.381 e. The molecule has 0 aromatic carbocycles. The van der Waals surface area contributed by atoms with Crippen LogP contribution in [0.25, 0.3) is 0 Å². The molecule has 4 heteroatoms. The van der Waals surface area contributed by atoms with E-state index in [4.69, 9.17) is 10.5 Å². The van der Waals surface area contributed by atoms with E-state index in [1.807, 2.05) is 0 Å². The smallest absolute Gasteiger partial charge is 0.223 e. The van der Waals surface area contributed by atoms with Crippen LogP contribution in [0.3, 0.4) is 0 Å². The van der Waals surface area contributed by atoms with Gasteiger partial charge >= 0.3 is 0 Å². The van der Waals surface area contributed by atoms with Crippen LogP contribution in [-0.4, -0.2) is 31.7 Å². The van der Waals surface area contributed by atoms with Crippen LogP contribution in [0.1, 0.15) is 39.0 Å². The van der Waals surface area contributed by atoms with Crippen LogP contribution in [0.4, 0.5) is 0 Å². The molecular formula is C14H26N2O2. The monoisotopic (exact) mass is 254 g/mol. The first kappa shape index (κ1) is 13.8. The number of hydrogen-bond donors (Lipinski definition) is 2. The highest BCUT2D eigenvalue weighted by Gasteiger charge is 2.31. The highest BCUT2D eigenvalue weighted by atomic mass is 16.5. The molecule has 0 spiro atoms. The van der Waals surface area contributed by atoms with Gasteiger partial charge in [-0.05, 0) is 43.9 Å². The molecule has 1 saturated carbocycles. The molecule has 4 nitrogen and oxygen atoms in total. The summed E-state index contributed by atoms with van der Waals surface area (Å²) >= 11 is 0. The van der Waals surface area contributed by atoms with Gasteiger partial charge in [0.05, 0.1) is 6.61 Å². The van der Waals surface area contributed by atoms with Crippen LogP contribution in [0, 0.1) is 17.8 Å². The van der Waals surface area contributed by atoms with E-state index < -0.39 is 0 Å². The normalized spacial score (nSPS) is 37.2. The van der Waals surface area contributed by atoms with Crippen molar-refractivity contribution >= 4 is 5.91 Å². The van der Waals surface area contributed by atoms with E-state index in [2.05, 4.69) is 12.2 Å². The lowest BCUT2D eigenvalue weighted by Gasteiger charge is -2.32. The zero-order chi connectivity index (χ0) is 13.0. The zero-order valence-electron chi connectivity index (χ0n) is 11.4. The molecule has 18 heavy (non-hydrogen) atoms. The van der Waals surface area contributed by atoms with Gasteiger partial charge in [0.15, 0.2) is 0 Å². The Kier molecular flexibility index (Phi) is 5.01. The van der Waals surface area contributed by atoms with Crippen molar-refractivity contribution in [1.82, 2.24) is 5.32 Å². The van der Waals surface area contributed by atoms with Gasteiger partial charge in [-0.2, -0.15) is 0 Å². The van der Waals surface area contributed by atoms with Gasteiger partial charge in [-0.25, -0.2) is 0 Å². The van der Waals surface area contributed by atoms with Gasteiger partial charge in [0, 0.05) is 25.1 Å². The number of nitrogens with two attached hydrogens (primary N) is 1. The molecule has 1 aliphatic heterocycles. The average molecular weight is 254 g/mol. The molecule has 104 valence electrons. The second-order valence-electron chi connectivity index (χ2n) is 5.99. The maximum atomic E-state index is 12.2. The van der Waals surface area contributed by atoms with E-state index in [0.29, 0.717) is 11.8 Å². The Morgan fingerprint density at radius 1 is 1.39 bits per heavy atom. The van der Waals surface area contributed by atoms with E-state index in [1.165, 1.54) is 6.42 Å². The molecular weight excluding hydrogens is 228 g/mol. The van der Waals surface area contributed by atoms with E-state index in [0.717, 1.165) is 45.4 Å². The molecule has 0 aromatic heterocycles. The number of amides is 1. The Hall–Kier alpha value is -0.610. The highest BCUT2D eigenvalue weighted by Crippen LogP contribution is 2.29. The summed E-state index contributed by atoms with van der Waals surface area (Å²) in [6.07, 6.45) is 5.26. The Bertz CT molecular complexity index is 277. The molecule has 3 N–H and O–H groups in total. The highest BCUT2D eigenvalue weighted by molar-refractivity contribution is 5.79. The fraction of sp³-hybridized carbons (Fsp3) is 0.929. The van der Waals surface area contributed by atoms with Crippen molar-refractivity contribution in [1.29, 1.82) is 0 Å². The second-order valence-corrected chi connectivity index (χ2v) is 5.99. The molecule has 1 aliphatic carbocycles. The standard InChI is InChI=1S/C14H26N2O2/c1-10-4-5-12(15)7-13(10)14(17)16-8-11-3-2-6-18-9-11/h10-13H,2-9,15H2,1H3,(H,16,17). The Balaban J connectivity index is 1.75. The first-order valence-electron chi connectivity index (χ1n) is 7.28. The number of hydrogen-bond acceptors (Lipinski definition) is 3. The van der Waals surface area contributed by atoms with Crippen molar-refractivity contribution in [2.45, 2.75) is 45.1 Å². The van der Waals surface area contributed by atoms with Gasteiger partial charge in [-0.3, -0.25) is 4.79 Å². The lowest BCUT2D eigenvalue weighted by Crippen LogP contribution is -2.43. The van der Waals surface area contributed by atoms with Gasteiger partial charge in [0.25, 0.3) is 0 Å². The van der Waals surface area contributed by atoms with Gasteiger partial charge in [-0.15, -0.1) is 0 Å². The molecule has 1 heterocycles. The molecule has 2 aliphatic rings. The molecule has 0 aromatic rings. The summed E-state index contributed by atoms with van der Waals surface area (Å²) in [5.74, 6) is 1.27. The summed E-state index contributed by atoms with van der Waals surface area (Å²) in [5, 5.41) is 3.10. The van der Waals surface area contributed by atoms with Gasteiger partial charge in [0.2, 0.25) is 5.91 Å². The summed E-state index contributed by atoms with van der Waals surface area (Å²) in [4.78, 5) is 12.2. The van der Waals surface area contributed by atoms with Crippen molar-refractivity contribution in [2.24, 2.45) is 23.5 Å². The SMILES string of the molecule is CC1CCC(N)CC1C(=O)NCC1CCCOC1. The number of carbonyl (C=O) groups excluding carboxylic acids is 1. The summed E-state index contributed by atoms with van der Waals surface area (Å²) in [6.45, 7) is 4.59. The zero-order valence-corrected chi connectivity index (χ0v) is 11.4. The van der Waals surface area contributed by atoms with Crippen molar-refractivity contribution in [3.8, 4) is 0 Å². The van der Waals surface area contributed by atoms with E-state index in [-0.39, 0.29) is 17.9 Å². The summed E-state index contributed by atoms with van der Waals surface area (Å²) in [7, 11) is 0. The summed E-state index contributed by atoms with van der Waals surface area (Å²) in [5.41, 5.74) is 5.96. The van der Waals surface area contributed by atoms with Crippen LogP contribution < -0.4 is 11.1 Å². The van der Waals surface area contributed by atoms with Crippen LogP contribution in [0.15, 0.2) is 0 Å². The molecule has 0 radical (unpaired) electrons. The molecule has 2 fully saturated rings. The summed E-state index contributed by atoms with van der Waals surface area (Å²) < 4.78 is 5.43. The Labute approximate surface area is 110 Å². The van der Waals surface area contributed by atoms with Crippen LogP contribution in [0.5, 0.6) is 0 Å². The van der Waals surface area contributed by atoms with Crippen molar-refractivity contribution in [2.75, 3.05) is 19.8 Å². The average Bonchev–Trinajstić information content (AvgIpc) is 2.40. The Morgan fingerprint density at radius 3 is 2.94 bits per heavy atom. The van der Waals surface area contributed by atoms with Crippen molar-refractivity contribution in [3.63, 3.8) is 0 Å². The topological polar surface area (TPSA) is 64.4 Å². The third-order valence-corrected chi connectivity index (χ3v) is 4.39.